The Kier molecular flexibility index (Phi) is 5.10. The van der Waals surface area contributed by atoms with Crippen LogP contribution >= 0.6 is 11.6 Å². The third-order valence-corrected chi connectivity index (χ3v) is 6.18. The molecular weight excluding hydrogens is 359 g/mol. The van der Waals surface area contributed by atoms with Crippen molar-refractivity contribution in [3.63, 3.8) is 0 Å². The molecular formula is C21H23BClN2O2. The van der Waals surface area contributed by atoms with Crippen molar-refractivity contribution in [2.45, 2.75) is 25.6 Å². The third kappa shape index (κ3) is 3.44. The van der Waals surface area contributed by atoms with Crippen LogP contribution in [0.2, 0.25) is 5.02 Å². The SMILES string of the molecule is CN1c2ccc(Cl)cc2Oc2cc(COC3CN4CCC3CC4)ccc21.[B]. The van der Waals surface area contributed by atoms with Gasteiger partial charge in [0.2, 0.25) is 0 Å². The number of piperidine rings is 3. The molecule has 27 heavy (non-hydrogen) atoms. The molecule has 1 unspecified atom stereocenters. The van der Waals surface area contributed by atoms with Gasteiger partial charge in [-0.3, -0.25) is 0 Å². The highest BCUT2D eigenvalue weighted by atomic mass is 35.5. The third-order valence-electron chi connectivity index (χ3n) is 5.95. The van der Waals surface area contributed by atoms with E-state index in [-0.39, 0.29) is 8.41 Å². The van der Waals surface area contributed by atoms with Crippen molar-refractivity contribution in [3.05, 3.63) is 47.0 Å². The van der Waals surface area contributed by atoms with E-state index in [2.05, 4.69) is 35.0 Å². The number of hydrogen-bond acceptors (Lipinski definition) is 4. The summed E-state index contributed by atoms with van der Waals surface area (Å²) in [5, 5.41) is 0.683. The molecule has 6 rings (SSSR count). The molecule has 6 heteroatoms. The first-order valence-electron chi connectivity index (χ1n) is 9.35. The van der Waals surface area contributed by atoms with Crippen molar-refractivity contribution < 1.29 is 9.47 Å². The molecule has 3 radical (unpaired) electrons. The lowest BCUT2D eigenvalue weighted by Gasteiger charge is -2.44. The summed E-state index contributed by atoms with van der Waals surface area (Å²) in [7, 11) is 2.05. The average molecular weight is 382 g/mol. The lowest BCUT2D eigenvalue weighted by molar-refractivity contribution is -0.0766. The van der Waals surface area contributed by atoms with Gasteiger partial charge in [-0.25, -0.2) is 0 Å². The van der Waals surface area contributed by atoms with Gasteiger partial charge in [0.1, 0.15) is 0 Å². The fourth-order valence-corrected chi connectivity index (χ4v) is 4.57. The van der Waals surface area contributed by atoms with E-state index in [1.54, 1.807) is 0 Å². The van der Waals surface area contributed by atoms with Crippen molar-refractivity contribution in [1.82, 2.24) is 4.90 Å². The second kappa shape index (κ2) is 7.38. The van der Waals surface area contributed by atoms with Crippen LogP contribution in [0.25, 0.3) is 0 Å². The molecule has 3 saturated heterocycles. The molecule has 0 amide bonds. The first-order valence-corrected chi connectivity index (χ1v) is 9.73. The molecule has 1 atom stereocenters. The molecule has 4 nitrogen and oxygen atoms in total. The van der Waals surface area contributed by atoms with Gasteiger partial charge in [-0.2, -0.15) is 0 Å². The van der Waals surface area contributed by atoms with Crippen molar-refractivity contribution in [2.24, 2.45) is 5.92 Å². The van der Waals surface area contributed by atoms with Crippen LogP contribution in [0.5, 0.6) is 11.5 Å². The van der Waals surface area contributed by atoms with Crippen LogP contribution in [0.3, 0.4) is 0 Å². The van der Waals surface area contributed by atoms with E-state index < -0.39 is 0 Å². The zero-order valence-corrected chi connectivity index (χ0v) is 16.3. The molecule has 4 heterocycles. The highest BCUT2D eigenvalue weighted by Gasteiger charge is 2.34. The van der Waals surface area contributed by atoms with E-state index in [1.165, 1.54) is 25.9 Å². The first-order chi connectivity index (χ1) is 12.7. The summed E-state index contributed by atoms with van der Waals surface area (Å²) >= 11 is 6.13. The fraction of sp³-hybridized carbons (Fsp3) is 0.429. The molecule has 0 aliphatic carbocycles. The Hall–Kier alpha value is -1.69. The van der Waals surface area contributed by atoms with Gasteiger partial charge in [-0.1, -0.05) is 17.7 Å². The monoisotopic (exact) mass is 381 g/mol. The minimum absolute atomic E-state index is 0. The summed E-state index contributed by atoms with van der Waals surface area (Å²) in [5.41, 5.74) is 3.24. The molecule has 2 bridgehead atoms. The molecule has 4 aliphatic heterocycles. The maximum Gasteiger partial charge on any atom is 0.152 e. The number of nitrogens with zero attached hydrogens (tertiary/aromatic N) is 2. The minimum Gasteiger partial charge on any atom is -0.453 e. The maximum absolute atomic E-state index is 6.28. The number of rotatable bonds is 3. The van der Waals surface area contributed by atoms with E-state index in [0.29, 0.717) is 17.7 Å². The van der Waals surface area contributed by atoms with E-state index >= 15 is 0 Å². The Labute approximate surface area is 167 Å². The van der Waals surface area contributed by atoms with Gasteiger partial charge in [0.25, 0.3) is 0 Å². The molecule has 0 spiro atoms. The molecule has 2 aromatic rings. The second-order valence-electron chi connectivity index (χ2n) is 7.56. The van der Waals surface area contributed by atoms with Gasteiger partial charge in [0.05, 0.1) is 24.1 Å². The topological polar surface area (TPSA) is 24.9 Å². The summed E-state index contributed by atoms with van der Waals surface area (Å²) in [6.07, 6.45) is 2.93. The highest BCUT2D eigenvalue weighted by Crippen LogP contribution is 2.46. The van der Waals surface area contributed by atoms with E-state index in [9.17, 15) is 0 Å². The Bertz CT molecular complexity index is 839. The smallest absolute Gasteiger partial charge is 0.152 e. The quantitative estimate of drug-likeness (QED) is 0.734. The molecule has 2 aromatic carbocycles. The second-order valence-corrected chi connectivity index (χ2v) is 8.00. The maximum atomic E-state index is 6.28. The zero-order valence-electron chi connectivity index (χ0n) is 15.5. The van der Waals surface area contributed by atoms with Gasteiger partial charge in [-0.15, -0.1) is 0 Å². The minimum atomic E-state index is 0. The van der Waals surface area contributed by atoms with Crippen LogP contribution in [0, 0.1) is 5.92 Å². The highest BCUT2D eigenvalue weighted by molar-refractivity contribution is 6.30. The number of hydrogen-bond donors (Lipinski definition) is 0. The molecule has 0 saturated carbocycles. The standard InChI is InChI=1S/C21H23ClN2O2.B/c1-23-17-4-2-14(13-25-21-12-24-8-6-15(21)7-9-24)10-19(17)26-20-11-16(22)3-5-18(20)23;/h2-5,10-11,15,21H,6-9,12-13H2,1H3;. The van der Waals surface area contributed by atoms with Crippen LogP contribution in [0.1, 0.15) is 18.4 Å². The summed E-state index contributed by atoms with van der Waals surface area (Å²) < 4.78 is 12.4. The van der Waals surface area contributed by atoms with Crippen molar-refractivity contribution in [2.75, 3.05) is 31.6 Å². The lowest BCUT2D eigenvalue weighted by atomic mass is 9.86. The number of anilines is 2. The van der Waals surface area contributed by atoms with E-state index in [4.69, 9.17) is 21.1 Å². The predicted octanol–water partition coefficient (Wildman–Crippen LogP) is 4.44. The number of fused-ring (bicyclic) bond motifs is 5. The van der Waals surface area contributed by atoms with Crippen molar-refractivity contribution in [3.8, 4) is 11.5 Å². The summed E-state index contributed by atoms with van der Waals surface area (Å²) in [6.45, 7) is 4.20. The summed E-state index contributed by atoms with van der Waals surface area (Å²) in [6, 6.07) is 12.1. The van der Waals surface area contributed by atoms with Gasteiger partial charge in [0, 0.05) is 33.1 Å². The van der Waals surface area contributed by atoms with Crippen LogP contribution in [0.15, 0.2) is 36.4 Å². The summed E-state index contributed by atoms with van der Waals surface area (Å²) in [4.78, 5) is 4.67. The first kappa shape index (κ1) is 18.7. The van der Waals surface area contributed by atoms with Gasteiger partial charge in [-0.05, 0) is 61.7 Å². The number of benzene rings is 2. The molecule has 0 N–H and O–H groups in total. The zero-order chi connectivity index (χ0) is 17.7. The van der Waals surface area contributed by atoms with Gasteiger partial charge in [0.15, 0.2) is 11.5 Å². The van der Waals surface area contributed by atoms with Gasteiger partial charge < -0.3 is 19.3 Å². The van der Waals surface area contributed by atoms with E-state index in [1.807, 2.05) is 18.2 Å². The molecule has 139 valence electrons. The molecule has 4 aliphatic rings. The molecule has 0 aromatic heterocycles. The van der Waals surface area contributed by atoms with Gasteiger partial charge >= 0.3 is 0 Å². The average Bonchev–Trinajstić information content (AvgIpc) is 2.67. The van der Waals surface area contributed by atoms with Crippen molar-refractivity contribution >= 4 is 31.4 Å². The Morgan fingerprint density at radius 3 is 2.48 bits per heavy atom. The predicted molar refractivity (Wildman–Crippen MR) is 110 cm³/mol. The number of halogens is 1. The summed E-state index contributed by atoms with van der Waals surface area (Å²) in [5.74, 6) is 2.38. The lowest BCUT2D eigenvalue weighted by Crippen LogP contribution is -2.51. The number of ether oxygens (including phenoxy) is 2. The Morgan fingerprint density at radius 1 is 1.07 bits per heavy atom. The van der Waals surface area contributed by atoms with Crippen LogP contribution < -0.4 is 9.64 Å². The van der Waals surface area contributed by atoms with E-state index in [0.717, 1.165) is 40.9 Å². The van der Waals surface area contributed by atoms with Crippen LogP contribution in [-0.2, 0) is 11.3 Å². The van der Waals surface area contributed by atoms with Crippen molar-refractivity contribution in [1.29, 1.82) is 0 Å². The largest absolute Gasteiger partial charge is 0.453 e. The molecule has 3 fully saturated rings. The Balaban J connectivity index is 0.00000180. The van der Waals surface area contributed by atoms with Crippen LogP contribution in [0.4, 0.5) is 11.4 Å². The Morgan fingerprint density at radius 2 is 1.78 bits per heavy atom. The normalized spacial score (nSPS) is 25.3. The van der Waals surface area contributed by atoms with Crippen LogP contribution in [-0.4, -0.2) is 46.1 Å². The fourth-order valence-electron chi connectivity index (χ4n) is 4.41.